The van der Waals surface area contributed by atoms with Gasteiger partial charge in [0.05, 0.1) is 18.8 Å². The van der Waals surface area contributed by atoms with Crippen LogP contribution in [0.25, 0.3) is 11.0 Å². The molecule has 5 heteroatoms. The van der Waals surface area contributed by atoms with Gasteiger partial charge in [-0.15, -0.1) is 0 Å². The highest BCUT2D eigenvalue weighted by molar-refractivity contribution is 5.99. The van der Waals surface area contributed by atoms with Gasteiger partial charge in [-0.1, -0.05) is 6.07 Å². The first-order valence-corrected chi connectivity index (χ1v) is 8.48. The molecule has 1 amide bonds. The average Bonchev–Trinajstić information content (AvgIpc) is 3.27. The predicted octanol–water partition coefficient (Wildman–Crippen LogP) is 4.12. The van der Waals surface area contributed by atoms with E-state index in [1.165, 1.54) is 0 Å². The largest absolute Gasteiger partial charge is 0.497 e. The van der Waals surface area contributed by atoms with E-state index in [0.29, 0.717) is 17.1 Å². The van der Waals surface area contributed by atoms with Crippen molar-refractivity contribution in [1.29, 1.82) is 0 Å². The Balaban J connectivity index is 1.70. The SMILES string of the molecule is COc1ccc2c(C)c(C(=O)N3CCCC3c3ccccn3)oc2c1. The number of aryl methyl sites for hydroxylation is 1. The Labute approximate surface area is 146 Å². The molecular formula is C20H20N2O3. The van der Waals surface area contributed by atoms with Gasteiger partial charge in [-0.2, -0.15) is 0 Å². The summed E-state index contributed by atoms with van der Waals surface area (Å²) >= 11 is 0. The number of amides is 1. The predicted molar refractivity (Wildman–Crippen MR) is 94.8 cm³/mol. The fourth-order valence-electron chi connectivity index (χ4n) is 3.56. The molecule has 128 valence electrons. The minimum Gasteiger partial charge on any atom is -0.497 e. The van der Waals surface area contributed by atoms with Crippen LogP contribution in [-0.2, 0) is 0 Å². The van der Waals surface area contributed by atoms with Crippen LogP contribution in [0.3, 0.4) is 0 Å². The maximum absolute atomic E-state index is 13.1. The Hall–Kier alpha value is -2.82. The summed E-state index contributed by atoms with van der Waals surface area (Å²) in [5.74, 6) is 1.06. The third kappa shape index (κ3) is 2.65. The topological polar surface area (TPSA) is 55.6 Å². The first-order valence-electron chi connectivity index (χ1n) is 8.48. The molecule has 0 bridgehead atoms. The molecule has 1 aliphatic rings. The Bertz CT molecular complexity index is 917. The van der Waals surface area contributed by atoms with Crippen LogP contribution < -0.4 is 4.74 Å². The first kappa shape index (κ1) is 15.7. The number of furan rings is 1. The van der Waals surface area contributed by atoms with E-state index in [0.717, 1.165) is 36.0 Å². The lowest BCUT2D eigenvalue weighted by Gasteiger charge is -2.23. The molecule has 0 saturated carbocycles. The highest BCUT2D eigenvalue weighted by Crippen LogP contribution is 2.35. The Morgan fingerprint density at radius 3 is 2.96 bits per heavy atom. The molecule has 3 heterocycles. The molecule has 0 radical (unpaired) electrons. The summed E-state index contributed by atoms with van der Waals surface area (Å²) in [7, 11) is 1.62. The molecule has 1 atom stereocenters. The molecule has 0 N–H and O–H groups in total. The molecule has 2 aromatic heterocycles. The molecule has 1 saturated heterocycles. The van der Waals surface area contributed by atoms with E-state index in [2.05, 4.69) is 4.98 Å². The van der Waals surface area contributed by atoms with E-state index in [1.54, 1.807) is 13.3 Å². The number of likely N-dealkylation sites (tertiary alicyclic amines) is 1. The van der Waals surface area contributed by atoms with E-state index >= 15 is 0 Å². The summed E-state index contributed by atoms with van der Waals surface area (Å²) in [6.45, 7) is 2.65. The molecule has 4 rings (SSSR count). The van der Waals surface area contributed by atoms with Crippen LogP contribution >= 0.6 is 0 Å². The Morgan fingerprint density at radius 1 is 1.32 bits per heavy atom. The molecule has 1 aliphatic heterocycles. The van der Waals surface area contributed by atoms with Gasteiger partial charge in [0.15, 0.2) is 5.76 Å². The van der Waals surface area contributed by atoms with Crippen LogP contribution in [-0.4, -0.2) is 29.4 Å². The van der Waals surface area contributed by atoms with Crippen molar-refractivity contribution >= 4 is 16.9 Å². The second kappa shape index (κ2) is 6.24. The maximum atomic E-state index is 13.1. The summed E-state index contributed by atoms with van der Waals surface area (Å²) in [4.78, 5) is 19.5. The van der Waals surface area contributed by atoms with E-state index in [4.69, 9.17) is 9.15 Å². The van der Waals surface area contributed by atoms with Crippen molar-refractivity contribution in [2.45, 2.75) is 25.8 Å². The fourth-order valence-corrected chi connectivity index (χ4v) is 3.56. The van der Waals surface area contributed by atoms with E-state index < -0.39 is 0 Å². The molecule has 1 fully saturated rings. The Kier molecular flexibility index (Phi) is 3.92. The summed E-state index contributed by atoms with van der Waals surface area (Å²) in [6, 6.07) is 11.5. The second-order valence-electron chi connectivity index (χ2n) is 6.33. The number of hydrogen-bond donors (Lipinski definition) is 0. The van der Waals surface area contributed by atoms with Gasteiger partial charge in [-0.25, -0.2) is 0 Å². The molecule has 1 unspecified atom stereocenters. The number of aromatic nitrogens is 1. The van der Waals surface area contributed by atoms with Gasteiger partial charge in [0.2, 0.25) is 0 Å². The lowest BCUT2D eigenvalue weighted by molar-refractivity contribution is 0.0702. The lowest BCUT2D eigenvalue weighted by atomic mass is 10.1. The van der Waals surface area contributed by atoms with Crippen LogP contribution in [0.15, 0.2) is 47.0 Å². The molecule has 1 aromatic carbocycles. The van der Waals surface area contributed by atoms with E-state index in [1.807, 2.05) is 48.2 Å². The molecule has 0 spiro atoms. The normalized spacial score (nSPS) is 17.2. The molecule has 3 aromatic rings. The number of ether oxygens (including phenoxy) is 1. The van der Waals surface area contributed by atoms with E-state index in [9.17, 15) is 4.79 Å². The zero-order valence-electron chi connectivity index (χ0n) is 14.4. The van der Waals surface area contributed by atoms with Crippen molar-refractivity contribution in [3.63, 3.8) is 0 Å². The fraction of sp³-hybridized carbons (Fsp3) is 0.300. The van der Waals surface area contributed by atoms with Crippen LogP contribution in [0.5, 0.6) is 5.75 Å². The minimum atomic E-state index is -0.0687. The number of nitrogens with zero attached hydrogens (tertiary/aromatic N) is 2. The molecule has 0 aliphatic carbocycles. The minimum absolute atomic E-state index is 0.0100. The number of fused-ring (bicyclic) bond motifs is 1. The van der Waals surface area contributed by atoms with Gasteiger partial charge in [-0.3, -0.25) is 9.78 Å². The molecule has 5 nitrogen and oxygen atoms in total. The molecule has 25 heavy (non-hydrogen) atoms. The van der Waals surface area contributed by atoms with Crippen molar-refractivity contribution in [2.24, 2.45) is 0 Å². The summed E-state index contributed by atoms with van der Waals surface area (Å²) in [5, 5.41) is 0.942. The van der Waals surface area contributed by atoms with Gasteiger partial charge in [0, 0.05) is 29.8 Å². The van der Waals surface area contributed by atoms with Crippen molar-refractivity contribution in [2.75, 3.05) is 13.7 Å². The summed E-state index contributed by atoms with van der Waals surface area (Å²) in [5.41, 5.74) is 2.48. The van der Waals surface area contributed by atoms with Crippen LogP contribution in [0.1, 0.15) is 40.7 Å². The third-order valence-electron chi connectivity index (χ3n) is 4.88. The van der Waals surface area contributed by atoms with Crippen molar-refractivity contribution in [3.8, 4) is 5.75 Å². The van der Waals surface area contributed by atoms with Crippen molar-refractivity contribution in [1.82, 2.24) is 9.88 Å². The van der Waals surface area contributed by atoms with Crippen LogP contribution in [0.4, 0.5) is 0 Å². The number of methoxy groups -OCH3 is 1. The highest BCUT2D eigenvalue weighted by Gasteiger charge is 2.34. The maximum Gasteiger partial charge on any atom is 0.290 e. The third-order valence-corrected chi connectivity index (χ3v) is 4.88. The quantitative estimate of drug-likeness (QED) is 0.722. The van der Waals surface area contributed by atoms with Gasteiger partial charge in [0.1, 0.15) is 11.3 Å². The van der Waals surface area contributed by atoms with Crippen molar-refractivity contribution < 1.29 is 13.9 Å². The lowest BCUT2D eigenvalue weighted by Crippen LogP contribution is -2.31. The van der Waals surface area contributed by atoms with Crippen molar-refractivity contribution in [3.05, 3.63) is 59.6 Å². The van der Waals surface area contributed by atoms with E-state index in [-0.39, 0.29) is 11.9 Å². The standard InChI is InChI=1S/C20H20N2O3/c1-13-15-9-8-14(24-2)12-18(15)25-19(13)20(23)22-11-5-7-17(22)16-6-3-4-10-21-16/h3-4,6,8-10,12,17H,5,7,11H2,1-2H3. The van der Waals surface area contributed by atoms with Gasteiger partial charge in [0.25, 0.3) is 5.91 Å². The summed E-state index contributed by atoms with van der Waals surface area (Å²) < 4.78 is 11.2. The number of benzene rings is 1. The number of carbonyl (C=O) groups excluding carboxylic acids is 1. The van der Waals surface area contributed by atoms with Crippen LogP contribution in [0, 0.1) is 6.92 Å². The average molecular weight is 336 g/mol. The summed E-state index contributed by atoms with van der Waals surface area (Å²) in [6.07, 6.45) is 3.67. The number of hydrogen-bond acceptors (Lipinski definition) is 4. The Morgan fingerprint density at radius 2 is 2.20 bits per heavy atom. The first-order chi connectivity index (χ1) is 12.2. The number of rotatable bonds is 3. The highest BCUT2D eigenvalue weighted by atomic mass is 16.5. The van der Waals surface area contributed by atoms with Crippen LogP contribution in [0.2, 0.25) is 0 Å². The van der Waals surface area contributed by atoms with Gasteiger partial charge < -0.3 is 14.1 Å². The number of pyridine rings is 1. The zero-order chi connectivity index (χ0) is 17.4. The second-order valence-corrected chi connectivity index (χ2v) is 6.33. The van der Waals surface area contributed by atoms with Gasteiger partial charge >= 0.3 is 0 Å². The number of carbonyl (C=O) groups is 1. The monoisotopic (exact) mass is 336 g/mol. The zero-order valence-corrected chi connectivity index (χ0v) is 14.4. The smallest absolute Gasteiger partial charge is 0.290 e. The molecular weight excluding hydrogens is 316 g/mol. The van der Waals surface area contributed by atoms with Gasteiger partial charge in [-0.05, 0) is 44.0 Å².